The Bertz CT molecular complexity index is 1020. The highest BCUT2D eigenvalue weighted by molar-refractivity contribution is 6.29. The summed E-state index contributed by atoms with van der Waals surface area (Å²) in [5.41, 5.74) is 3.21. The molecule has 0 radical (unpaired) electrons. The molecule has 0 amide bonds. The molecule has 0 spiro atoms. The second-order valence-electron chi connectivity index (χ2n) is 7.70. The lowest BCUT2D eigenvalue weighted by molar-refractivity contribution is 0.0691. The zero-order valence-electron chi connectivity index (χ0n) is 16.0. The molecule has 0 bridgehead atoms. The minimum absolute atomic E-state index is 0.0183. The van der Waals surface area contributed by atoms with Crippen LogP contribution in [0.5, 0.6) is 0 Å². The Morgan fingerprint density at radius 1 is 1.25 bits per heavy atom. The van der Waals surface area contributed by atoms with Crippen molar-refractivity contribution >= 4 is 28.6 Å². The second-order valence-corrected chi connectivity index (χ2v) is 8.09. The van der Waals surface area contributed by atoms with Crippen molar-refractivity contribution in [3.8, 4) is 11.1 Å². The van der Waals surface area contributed by atoms with Gasteiger partial charge in [0.05, 0.1) is 17.1 Å². The number of carboxylic acids is 1. The van der Waals surface area contributed by atoms with E-state index in [9.17, 15) is 9.90 Å². The standard InChI is InChI=1S/C21H23ClN4O2/c1-12(2)19-18-15(13-8-9-17(22)23-11-13)10-16(21(27)28)24-20(18)26(25-19)14-6-4-3-5-7-14/h8-12,14H,3-7H2,1-2H3,(H,27,28). The summed E-state index contributed by atoms with van der Waals surface area (Å²) in [5, 5.41) is 15.9. The highest BCUT2D eigenvalue weighted by Crippen LogP contribution is 2.38. The van der Waals surface area contributed by atoms with Crippen LogP contribution in [0.15, 0.2) is 24.4 Å². The molecule has 1 fully saturated rings. The first-order valence-electron chi connectivity index (χ1n) is 9.74. The first-order valence-corrected chi connectivity index (χ1v) is 10.1. The maximum absolute atomic E-state index is 11.8. The number of halogens is 1. The molecule has 3 heterocycles. The number of aromatic nitrogens is 4. The number of carbonyl (C=O) groups is 1. The fourth-order valence-electron chi connectivity index (χ4n) is 4.02. The van der Waals surface area contributed by atoms with E-state index >= 15 is 0 Å². The number of carboxylic acid groups (broad SMARTS) is 1. The van der Waals surface area contributed by atoms with Crippen molar-refractivity contribution < 1.29 is 9.90 Å². The molecule has 0 atom stereocenters. The SMILES string of the molecule is CC(C)c1nn(C2CCCCC2)c2nc(C(=O)O)cc(-c3ccc(Cl)nc3)c12. The predicted molar refractivity (Wildman–Crippen MR) is 109 cm³/mol. The van der Waals surface area contributed by atoms with E-state index in [1.807, 2.05) is 10.7 Å². The van der Waals surface area contributed by atoms with Gasteiger partial charge in [0.1, 0.15) is 5.15 Å². The summed E-state index contributed by atoms with van der Waals surface area (Å²) in [5.74, 6) is -0.864. The van der Waals surface area contributed by atoms with Gasteiger partial charge in [-0.05, 0) is 42.5 Å². The molecule has 1 N–H and O–H groups in total. The van der Waals surface area contributed by atoms with E-state index < -0.39 is 5.97 Å². The largest absolute Gasteiger partial charge is 0.477 e. The Morgan fingerprint density at radius 3 is 2.61 bits per heavy atom. The van der Waals surface area contributed by atoms with Crippen LogP contribution in [0.2, 0.25) is 5.15 Å². The van der Waals surface area contributed by atoms with Crippen LogP contribution in [0, 0.1) is 0 Å². The van der Waals surface area contributed by atoms with Crippen LogP contribution in [-0.4, -0.2) is 30.8 Å². The van der Waals surface area contributed by atoms with Crippen LogP contribution >= 0.6 is 11.6 Å². The van der Waals surface area contributed by atoms with E-state index in [2.05, 4.69) is 23.8 Å². The fraction of sp³-hybridized carbons (Fsp3) is 0.429. The summed E-state index contributed by atoms with van der Waals surface area (Å²) >= 11 is 5.95. The van der Waals surface area contributed by atoms with E-state index in [4.69, 9.17) is 16.7 Å². The van der Waals surface area contributed by atoms with E-state index in [0.29, 0.717) is 10.8 Å². The number of fused-ring (bicyclic) bond motifs is 1. The maximum atomic E-state index is 11.8. The molecule has 0 unspecified atom stereocenters. The molecule has 1 aliphatic rings. The Hall–Kier alpha value is -2.47. The van der Waals surface area contributed by atoms with Gasteiger partial charge >= 0.3 is 5.97 Å². The molecule has 146 valence electrons. The lowest BCUT2D eigenvalue weighted by Crippen LogP contribution is -2.15. The second kappa shape index (κ2) is 7.51. The zero-order chi connectivity index (χ0) is 19.8. The monoisotopic (exact) mass is 398 g/mol. The third-order valence-electron chi connectivity index (χ3n) is 5.41. The highest BCUT2D eigenvalue weighted by Gasteiger charge is 2.26. The molecule has 0 aromatic carbocycles. The van der Waals surface area contributed by atoms with E-state index in [-0.39, 0.29) is 17.7 Å². The van der Waals surface area contributed by atoms with Gasteiger partial charge < -0.3 is 5.11 Å². The molecule has 1 saturated carbocycles. The Balaban J connectivity index is 2.02. The lowest BCUT2D eigenvalue weighted by atomic mass is 9.95. The minimum atomic E-state index is -1.05. The third-order valence-corrected chi connectivity index (χ3v) is 5.64. The molecule has 28 heavy (non-hydrogen) atoms. The predicted octanol–water partition coefficient (Wildman–Crippen LogP) is 5.47. The van der Waals surface area contributed by atoms with Gasteiger partial charge in [0.25, 0.3) is 0 Å². The summed E-state index contributed by atoms with van der Waals surface area (Å²) in [4.78, 5) is 20.5. The van der Waals surface area contributed by atoms with Gasteiger partial charge in [-0.25, -0.2) is 19.4 Å². The van der Waals surface area contributed by atoms with Crippen LogP contribution < -0.4 is 0 Å². The molecule has 3 aromatic heterocycles. The maximum Gasteiger partial charge on any atom is 0.354 e. The first-order chi connectivity index (χ1) is 13.5. The summed E-state index contributed by atoms with van der Waals surface area (Å²) < 4.78 is 1.98. The van der Waals surface area contributed by atoms with Crippen LogP contribution in [0.1, 0.15) is 74.1 Å². The number of hydrogen-bond donors (Lipinski definition) is 1. The van der Waals surface area contributed by atoms with Crippen molar-refractivity contribution in [2.75, 3.05) is 0 Å². The Kier molecular flexibility index (Phi) is 5.06. The summed E-state index contributed by atoms with van der Waals surface area (Å²) in [7, 11) is 0. The normalized spacial score (nSPS) is 15.4. The van der Waals surface area contributed by atoms with Crippen molar-refractivity contribution in [3.05, 3.63) is 40.9 Å². The lowest BCUT2D eigenvalue weighted by Gasteiger charge is -2.22. The number of hydrogen-bond acceptors (Lipinski definition) is 4. The van der Waals surface area contributed by atoms with Crippen molar-refractivity contribution in [3.63, 3.8) is 0 Å². The number of nitrogens with zero attached hydrogens (tertiary/aromatic N) is 4. The molecule has 6 nitrogen and oxygen atoms in total. The van der Waals surface area contributed by atoms with Gasteiger partial charge in [0, 0.05) is 11.8 Å². The number of rotatable bonds is 4. The van der Waals surface area contributed by atoms with E-state index in [1.165, 1.54) is 6.42 Å². The smallest absolute Gasteiger partial charge is 0.354 e. The molecule has 0 aliphatic heterocycles. The third kappa shape index (κ3) is 3.37. The molecule has 3 aromatic rings. The molecular weight excluding hydrogens is 376 g/mol. The van der Waals surface area contributed by atoms with Gasteiger partial charge in [-0.2, -0.15) is 5.10 Å². The molecule has 0 saturated heterocycles. The van der Waals surface area contributed by atoms with Gasteiger partial charge in [-0.1, -0.05) is 44.7 Å². The van der Waals surface area contributed by atoms with Gasteiger partial charge in [-0.15, -0.1) is 0 Å². The molecular formula is C21H23ClN4O2. The van der Waals surface area contributed by atoms with E-state index in [0.717, 1.165) is 47.9 Å². The summed E-state index contributed by atoms with van der Waals surface area (Å²) in [6, 6.07) is 5.45. The summed E-state index contributed by atoms with van der Waals surface area (Å²) in [6.07, 6.45) is 7.33. The number of aromatic carboxylic acids is 1. The quantitative estimate of drug-likeness (QED) is 0.589. The van der Waals surface area contributed by atoms with Gasteiger partial charge in [0.2, 0.25) is 0 Å². The van der Waals surface area contributed by atoms with Crippen molar-refractivity contribution in [2.24, 2.45) is 0 Å². The van der Waals surface area contributed by atoms with Crippen LogP contribution in [-0.2, 0) is 0 Å². The Morgan fingerprint density at radius 2 is 2.00 bits per heavy atom. The fourth-order valence-corrected chi connectivity index (χ4v) is 4.13. The zero-order valence-corrected chi connectivity index (χ0v) is 16.8. The van der Waals surface area contributed by atoms with E-state index in [1.54, 1.807) is 18.3 Å². The van der Waals surface area contributed by atoms with Crippen molar-refractivity contribution in [2.45, 2.75) is 57.9 Å². The minimum Gasteiger partial charge on any atom is -0.477 e. The van der Waals surface area contributed by atoms with Gasteiger partial charge in [0.15, 0.2) is 11.3 Å². The number of pyridine rings is 2. The van der Waals surface area contributed by atoms with Crippen LogP contribution in [0.25, 0.3) is 22.2 Å². The van der Waals surface area contributed by atoms with Crippen molar-refractivity contribution in [1.29, 1.82) is 0 Å². The average molecular weight is 399 g/mol. The highest BCUT2D eigenvalue weighted by atomic mass is 35.5. The first kappa shape index (κ1) is 18.9. The Labute approximate surface area is 168 Å². The molecule has 1 aliphatic carbocycles. The van der Waals surface area contributed by atoms with Crippen LogP contribution in [0.4, 0.5) is 0 Å². The van der Waals surface area contributed by atoms with Crippen molar-refractivity contribution in [1.82, 2.24) is 19.7 Å². The summed E-state index contributed by atoms with van der Waals surface area (Å²) in [6.45, 7) is 4.20. The van der Waals surface area contributed by atoms with Gasteiger partial charge in [-0.3, -0.25) is 0 Å². The molecule has 7 heteroatoms. The average Bonchev–Trinajstić information content (AvgIpc) is 3.08. The topological polar surface area (TPSA) is 80.9 Å². The van der Waals surface area contributed by atoms with Crippen LogP contribution in [0.3, 0.4) is 0 Å². The molecule has 4 rings (SSSR count).